The molecule has 0 aliphatic carbocycles. The van der Waals surface area contributed by atoms with E-state index in [-0.39, 0.29) is 5.91 Å². The molecule has 6 heteroatoms. The quantitative estimate of drug-likeness (QED) is 0.858. The Balaban J connectivity index is 2.08. The van der Waals surface area contributed by atoms with Gasteiger partial charge in [-0.2, -0.15) is 0 Å². The van der Waals surface area contributed by atoms with Crippen molar-refractivity contribution in [3.8, 4) is 0 Å². The molecule has 0 aliphatic heterocycles. The average molecular weight is 310 g/mol. The molecule has 1 aromatic carbocycles. The Hall–Kier alpha value is -1.59. The molecule has 2 rings (SSSR count). The Morgan fingerprint density at radius 3 is 3.00 bits per heavy atom. The van der Waals surface area contributed by atoms with Gasteiger partial charge in [0.1, 0.15) is 5.01 Å². The molecule has 0 radical (unpaired) electrons. The number of nitrogens with zero attached hydrogens (tertiary/aromatic N) is 1. The highest BCUT2D eigenvalue weighted by Crippen LogP contribution is 2.21. The summed E-state index contributed by atoms with van der Waals surface area (Å²) in [7, 11) is 0. The molecule has 20 heavy (non-hydrogen) atoms. The molecule has 0 unspecified atom stereocenters. The van der Waals surface area contributed by atoms with Crippen molar-refractivity contribution >= 4 is 34.5 Å². The molecule has 0 bridgehead atoms. The minimum absolute atomic E-state index is 0.152. The van der Waals surface area contributed by atoms with E-state index < -0.39 is 0 Å². The maximum Gasteiger partial charge on any atom is 0.253 e. The minimum atomic E-state index is -0.152. The van der Waals surface area contributed by atoms with Crippen LogP contribution < -0.4 is 10.6 Å². The molecule has 2 N–H and O–H groups in total. The maximum absolute atomic E-state index is 12.2. The van der Waals surface area contributed by atoms with E-state index in [1.165, 1.54) is 11.3 Å². The van der Waals surface area contributed by atoms with E-state index in [2.05, 4.69) is 22.5 Å². The largest absolute Gasteiger partial charge is 0.384 e. The fourth-order valence-electron chi connectivity index (χ4n) is 1.71. The number of hydrogen-bond donors (Lipinski definition) is 2. The Kier molecular flexibility index (Phi) is 5.38. The Morgan fingerprint density at radius 2 is 2.30 bits per heavy atom. The second-order valence-corrected chi connectivity index (χ2v) is 5.64. The van der Waals surface area contributed by atoms with Crippen LogP contribution >= 0.6 is 22.9 Å². The van der Waals surface area contributed by atoms with Gasteiger partial charge in [-0.05, 0) is 24.6 Å². The zero-order chi connectivity index (χ0) is 14.4. The van der Waals surface area contributed by atoms with E-state index in [1.807, 2.05) is 11.4 Å². The standard InChI is InChI=1S/C14H16ClN3OS/c1-2-5-16-12-4-3-10(15)8-11(12)14(19)18-9-13-17-6-7-20-13/h3-4,6-8,16H,2,5,9H2,1H3,(H,18,19). The van der Waals surface area contributed by atoms with Crippen molar-refractivity contribution in [2.75, 3.05) is 11.9 Å². The third-order valence-electron chi connectivity index (χ3n) is 2.68. The second kappa shape index (κ2) is 7.26. The molecule has 1 aromatic heterocycles. The van der Waals surface area contributed by atoms with Gasteiger partial charge in [0.2, 0.25) is 0 Å². The van der Waals surface area contributed by atoms with E-state index >= 15 is 0 Å². The number of halogens is 1. The van der Waals surface area contributed by atoms with E-state index in [4.69, 9.17) is 11.6 Å². The van der Waals surface area contributed by atoms with Gasteiger partial charge >= 0.3 is 0 Å². The summed E-state index contributed by atoms with van der Waals surface area (Å²) >= 11 is 7.49. The number of rotatable bonds is 6. The van der Waals surface area contributed by atoms with E-state index in [9.17, 15) is 4.79 Å². The molecule has 0 saturated carbocycles. The molecule has 2 aromatic rings. The first-order valence-electron chi connectivity index (χ1n) is 6.40. The van der Waals surface area contributed by atoms with Gasteiger partial charge in [0.25, 0.3) is 5.91 Å². The number of carbonyl (C=O) groups excluding carboxylic acids is 1. The number of hydrogen-bond acceptors (Lipinski definition) is 4. The Bertz CT molecular complexity index is 572. The molecule has 1 heterocycles. The number of anilines is 1. The fraction of sp³-hybridized carbons (Fsp3) is 0.286. The smallest absolute Gasteiger partial charge is 0.253 e. The zero-order valence-corrected chi connectivity index (χ0v) is 12.7. The first-order valence-corrected chi connectivity index (χ1v) is 7.66. The fourth-order valence-corrected chi connectivity index (χ4v) is 2.44. The molecule has 0 fully saturated rings. The summed E-state index contributed by atoms with van der Waals surface area (Å²) in [4.78, 5) is 16.4. The minimum Gasteiger partial charge on any atom is -0.384 e. The normalized spacial score (nSPS) is 10.3. The zero-order valence-electron chi connectivity index (χ0n) is 11.1. The predicted molar refractivity (Wildman–Crippen MR) is 83.5 cm³/mol. The lowest BCUT2D eigenvalue weighted by atomic mass is 10.1. The van der Waals surface area contributed by atoms with Crippen LogP contribution in [0.15, 0.2) is 29.8 Å². The lowest BCUT2D eigenvalue weighted by Gasteiger charge is -2.11. The third kappa shape index (κ3) is 3.95. The SMILES string of the molecule is CCCNc1ccc(Cl)cc1C(=O)NCc1nccs1. The van der Waals surface area contributed by atoms with Crippen molar-refractivity contribution in [2.45, 2.75) is 19.9 Å². The highest BCUT2D eigenvalue weighted by Gasteiger charge is 2.12. The number of amides is 1. The van der Waals surface area contributed by atoms with Crippen LogP contribution in [0.3, 0.4) is 0 Å². The van der Waals surface area contributed by atoms with Crippen molar-refractivity contribution in [1.82, 2.24) is 10.3 Å². The van der Waals surface area contributed by atoms with E-state index in [0.29, 0.717) is 17.1 Å². The van der Waals surface area contributed by atoms with Crippen molar-refractivity contribution in [1.29, 1.82) is 0 Å². The third-order valence-corrected chi connectivity index (χ3v) is 3.69. The summed E-state index contributed by atoms with van der Waals surface area (Å²) in [6.07, 6.45) is 2.71. The van der Waals surface area contributed by atoms with Gasteiger partial charge in [-0.15, -0.1) is 11.3 Å². The van der Waals surface area contributed by atoms with E-state index in [1.54, 1.807) is 18.3 Å². The van der Waals surface area contributed by atoms with Gasteiger partial charge in [0, 0.05) is 28.8 Å². The molecule has 0 saturated heterocycles. The molecule has 0 aliphatic rings. The molecule has 1 amide bonds. The van der Waals surface area contributed by atoms with Gasteiger partial charge in [-0.25, -0.2) is 4.98 Å². The van der Waals surface area contributed by atoms with Crippen LogP contribution in [0, 0.1) is 0 Å². The molecular formula is C14H16ClN3OS. The van der Waals surface area contributed by atoms with Crippen molar-refractivity contribution < 1.29 is 4.79 Å². The molecule has 0 spiro atoms. The first-order chi connectivity index (χ1) is 9.70. The summed E-state index contributed by atoms with van der Waals surface area (Å²) in [5.74, 6) is -0.152. The molecule has 4 nitrogen and oxygen atoms in total. The number of aromatic nitrogens is 1. The molecular weight excluding hydrogens is 294 g/mol. The van der Waals surface area contributed by atoms with Crippen LogP contribution in [0.2, 0.25) is 5.02 Å². The van der Waals surface area contributed by atoms with Gasteiger partial charge in [-0.3, -0.25) is 4.79 Å². The number of benzene rings is 1. The van der Waals surface area contributed by atoms with Gasteiger partial charge in [0.05, 0.1) is 12.1 Å². The van der Waals surface area contributed by atoms with Crippen LogP contribution in [0.5, 0.6) is 0 Å². The van der Waals surface area contributed by atoms with Gasteiger partial charge in [0.15, 0.2) is 0 Å². The molecule has 0 atom stereocenters. The highest BCUT2D eigenvalue weighted by atomic mass is 35.5. The highest BCUT2D eigenvalue weighted by molar-refractivity contribution is 7.09. The Labute approximate surface area is 127 Å². The van der Waals surface area contributed by atoms with Gasteiger partial charge in [-0.1, -0.05) is 18.5 Å². The first kappa shape index (κ1) is 14.8. The van der Waals surface area contributed by atoms with Crippen LogP contribution in [0.1, 0.15) is 28.7 Å². The topological polar surface area (TPSA) is 54.0 Å². The number of nitrogens with one attached hydrogen (secondary N) is 2. The summed E-state index contributed by atoms with van der Waals surface area (Å²) < 4.78 is 0. The number of carbonyl (C=O) groups is 1. The summed E-state index contributed by atoms with van der Waals surface area (Å²) in [5.41, 5.74) is 1.36. The van der Waals surface area contributed by atoms with Crippen LogP contribution in [0.4, 0.5) is 5.69 Å². The van der Waals surface area contributed by atoms with Crippen LogP contribution in [-0.2, 0) is 6.54 Å². The van der Waals surface area contributed by atoms with Crippen molar-refractivity contribution in [3.63, 3.8) is 0 Å². The predicted octanol–water partition coefficient (Wildman–Crippen LogP) is 3.55. The summed E-state index contributed by atoms with van der Waals surface area (Å²) in [6.45, 7) is 3.32. The average Bonchev–Trinajstić information content (AvgIpc) is 2.96. The lowest BCUT2D eigenvalue weighted by Crippen LogP contribution is -2.24. The second-order valence-electron chi connectivity index (χ2n) is 4.23. The summed E-state index contributed by atoms with van der Waals surface area (Å²) in [6, 6.07) is 5.28. The lowest BCUT2D eigenvalue weighted by molar-refractivity contribution is 0.0951. The van der Waals surface area contributed by atoms with Crippen LogP contribution in [0.25, 0.3) is 0 Å². The summed E-state index contributed by atoms with van der Waals surface area (Å²) in [5, 5.41) is 9.40. The van der Waals surface area contributed by atoms with E-state index in [0.717, 1.165) is 23.7 Å². The van der Waals surface area contributed by atoms with Crippen molar-refractivity contribution in [3.05, 3.63) is 45.4 Å². The van der Waals surface area contributed by atoms with Crippen molar-refractivity contribution in [2.24, 2.45) is 0 Å². The number of thiazole rings is 1. The monoisotopic (exact) mass is 309 g/mol. The Morgan fingerprint density at radius 1 is 1.45 bits per heavy atom. The van der Waals surface area contributed by atoms with Crippen LogP contribution in [-0.4, -0.2) is 17.4 Å². The molecule has 106 valence electrons. The van der Waals surface area contributed by atoms with Gasteiger partial charge < -0.3 is 10.6 Å². The maximum atomic E-state index is 12.2.